The molecule has 0 atom stereocenters. The lowest BCUT2D eigenvalue weighted by molar-refractivity contribution is 0.0219. The molecular formula is C20H21BrFN5O5S. The second-order valence-corrected chi connectivity index (χ2v) is 10.6. The Labute approximate surface area is 200 Å². The van der Waals surface area contributed by atoms with E-state index in [2.05, 4.69) is 31.4 Å². The predicted molar refractivity (Wildman–Crippen MR) is 120 cm³/mol. The Morgan fingerprint density at radius 3 is 2.64 bits per heavy atom. The Kier molecular flexibility index (Phi) is 6.61. The van der Waals surface area contributed by atoms with Gasteiger partial charge in [0.15, 0.2) is 10.7 Å². The number of amides is 1. The smallest absolute Gasteiger partial charge is 0.444 e. The standard InChI is InChI=1S/C20H21BrFN5O5S/c1-20(2,3)30-18(28)26-8-6-12(7-9-26)33-17-15(23-32-25-17)16-24-31-19(29)27(16)11-4-5-14(22)13(21)10-11/h4-5,10,12H,6-9H2,1-3H3. The largest absolute Gasteiger partial charge is 0.446 e. The maximum atomic E-state index is 13.7. The highest BCUT2D eigenvalue weighted by Crippen LogP contribution is 2.35. The maximum Gasteiger partial charge on any atom is 0.446 e. The molecule has 0 aliphatic carbocycles. The molecule has 1 saturated heterocycles. The Morgan fingerprint density at radius 2 is 1.97 bits per heavy atom. The van der Waals surface area contributed by atoms with Gasteiger partial charge in [0, 0.05) is 18.3 Å². The molecule has 1 fully saturated rings. The molecule has 3 aromatic rings. The Morgan fingerprint density at radius 1 is 1.24 bits per heavy atom. The highest BCUT2D eigenvalue weighted by atomic mass is 79.9. The number of ether oxygens (including phenoxy) is 1. The van der Waals surface area contributed by atoms with Crippen LogP contribution in [0.2, 0.25) is 0 Å². The molecule has 1 amide bonds. The number of halogens is 2. The molecular weight excluding hydrogens is 521 g/mol. The van der Waals surface area contributed by atoms with Crippen molar-refractivity contribution in [3.05, 3.63) is 39.0 Å². The number of piperidine rings is 1. The van der Waals surface area contributed by atoms with Crippen LogP contribution in [0.3, 0.4) is 0 Å². The number of hydrogen-bond donors (Lipinski definition) is 0. The fourth-order valence-electron chi connectivity index (χ4n) is 3.29. The Balaban J connectivity index is 1.50. The van der Waals surface area contributed by atoms with E-state index >= 15 is 0 Å². The summed E-state index contributed by atoms with van der Waals surface area (Å²) in [7, 11) is 0. The van der Waals surface area contributed by atoms with Gasteiger partial charge in [0.2, 0.25) is 5.82 Å². The van der Waals surface area contributed by atoms with E-state index in [0.29, 0.717) is 36.6 Å². The Hall–Kier alpha value is -2.67. The minimum absolute atomic E-state index is 0.0912. The van der Waals surface area contributed by atoms with Crippen molar-refractivity contribution in [2.45, 2.75) is 49.5 Å². The predicted octanol–water partition coefficient (Wildman–Crippen LogP) is 4.27. The molecule has 0 unspecified atom stereocenters. The average molecular weight is 542 g/mol. The Bertz CT molecular complexity index is 1210. The van der Waals surface area contributed by atoms with Crippen molar-refractivity contribution in [1.82, 2.24) is 24.9 Å². The van der Waals surface area contributed by atoms with Crippen LogP contribution in [0.4, 0.5) is 9.18 Å². The van der Waals surface area contributed by atoms with Gasteiger partial charge in [-0.3, -0.25) is 4.52 Å². The van der Waals surface area contributed by atoms with E-state index in [1.54, 1.807) is 4.90 Å². The molecule has 0 radical (unpaired) electrons. The molecule has 33 heavy (non-hydrogen) atoms. The highest BCUT2D eigenvalue weighted by Gasteiger charge is 2.30. The first-order chi connectivity index (χ1) is 15.6. The number of carbonyl (C=O) groups excluding carboxylic acids is 1. The first kappa shape index (κ1) is 23.5. The van der Waals surface area contributed by atoms with E-state index in [1.807, 2.05) is 20.8 Å². The van der Waals surface area contributed by atoms with Gasteiger partial charge in [-0.15, -0.1) is 0 Å². The number of aromatic nitrogens is 4. The van der Waals surface area contributed by atoms with E-state index in [1.165, 1.54) is 34.5 Å². The van der Waals surface area contributed by atoms with E-state index in [-0.39, 0.29) is 27.3 Å². The monoisotopic (exact) mass is 541 g/mol. The molecule has 1 aliphatic rings. The average Bonchev–Trinajstić information content (AvgIpc) is 3.35. The second-order valence-electron chi connectivity index (χ2n) is 8.41. The zero-order valence-corrected chi connectivity index (χ0v) is 20.5. The first-order valence-electron chi connectivity index (χ1n) is 10.1. The van der Waals surface area contributed by atoms with Crippen LogP contribution in [-0.4, -0.2) is 55.0 Å². The molecule has 10 nitrogen and oxygen atoms in total. The SMILES string of the molecule is CC(C)(C)OC(=O)N1CCC(Sc2nonc2-c2noc(=O)n2-c2ccc(F)c(Br)c2)CC1. The molecule has 0 N–H and O–H groups in total. The molecule has 2 aromatic heterocycles. The third kappa shape index (κ3) is 5.29. The third-order valence-corrected chi connectivity index (χ3v) is 6.71. The summed E-state index contributed by atoms with van der Waals surface area (Å²) < 4.78 is 30.2. The van der Waals surface area contributed by atoms with Crippen LogP contribution in [-0.2, 0) is 4.74 Å². The number of benzene rings is 1. The highest BCUT2D eigenvalue weighted by molar-refractivity contribution is 9.10. The van der Waals surface area contributed by atoms with E-state index in [4.69, 9.17) is 13.9 Å². The van der Waals surface area contributed by atoms with Gasteiger partial charge in [0.25, 0.3) is 0 Å². The fraction of sp³-hybridized carbons (Fsp3) is 0.450. The van der Waals surface area contributed by atoms with Gasteiger partial charge in [-0.25, -0.2) is 23.2 Å². The van der Waals surface area contributed by atoms with Crippen LogP contribution in [0, 0.1) is 5.82 Å². The van der Waals surface area contributed by atoms with Crippen LogP contribution in [0.25, 0.3) is 17.2 Å². The van der Waals surface area contributed by atoms with Gasteiger partial charge in [0.1, 0.15) is 11.4 Å². The topological polar surface area (TPSA) is 116 Å². The molecule has 1 aliphatic heterocycles. The summed E-state index contributed by atoms with van der Waals surface area (Å²) in [6, 6.07) is 4.08. The van der Waals surface area contributed by atoms with Gasteiger partial charge in [-0.05, 0) is 78.1 Å². The number of rotatable bonds is 4. The summed E-state index contributed by atoms with van der Waals surface area (Å²) in [5.41, 5.74) is 0.0345. The van der Waals surface area contributed by atoms with Crippen molar-refractivity contribution >= 4 is 33.8 Å². The van der Waals surface area contributed by atoms with Crippen molar-refractivity contribution < 1.29 is 23.1 Å². The molecule has 13 heteroatoms. The molecule has 176 valence electrons. The molecule has 1 aromatic carbocycles. The second kappa shape index (κ2) is 9.29. The van der Waals surface area contributed by atoms with Gasteiger partial charge in [-0.2, -0.15) is 0 Å². The minimum Gasteiger partial charge on any atom is -0.444 e. The zero-order chi connectivity index (χ0) is 23.8. The summed E-state index contributed by atoms with van der Waals surface area (Å²) in [6.07, 6.45) is 1.10. The fourth-order valence-corrected chi connectivity index (χ4v) is 4.73. The van der Waals surface area contributed by atoms with Crippen molar-refractivity contribution in [2.75, 3.05) is 13.1 Å². The lowest BCUT2D eigenvalue weighted by Gasteiger charge is -2.32. The van der Waals surface area contributed by atoms with E-state index in [0.717, 1.165) is 0 Å². The molecule has 0 bridgehead atoms. The zero-order valence-electron chi connectivity index (χ0n) is 18.1. The number of hydrogen-bond acceptors (Lipinski definition) is 9. The lowest BCUT2D eigenvalue weighted by Crippen LogP contribution is -2.42. The lowest BCUT2D eigenvalue weighted by atomic mass is 10.1. The summed E-state index contributed by atoms with van der Waals surface area (Å²) >= 11 is 4.54. The van der Waals surface area contributed by atoms with Crippen LogP contribution in [0.5, 0.6) is 0 Å². The third-order valence-electron chi connectivity index (χ3n) is 4.81. The van der Waals surface area contributed by atoms with Crippen molar-refractivity contribution in [3.63, 3.8) is 0 Å². The molecule has 0 spiro atoms. The van der Waals surface area contributed by atoms with Crippen LogP contribution < -0.4 is 5.76 Å². The van der Waals surface area contributed by atoms with Gasteiger partial charge in [0.05, 0.1) is 10.2 Å². The summed E-state index contributed by atoms with van der Waals surface area (Å²) in [5, 5.41) is 12.3. The van der Waals surface area contributed by atoms with Crippen molar-refractivity contribution in [3.8, 4) is 17.2 Å². The quantitative estimate of drug-likeness (QED) is 0.477. The van der Waals surface area contributed by atoms with Crippen LogP contribution in [0.1, 0.15) is 33.6 Å². The number of thioether (sulfide) groups is 1. The van der Waals surface area contributed by atoms with Gasteiger partial charge in [-0.1, -0.05) is 16.9 Å². The number of carbonyl (C=O) groups is 1. The summed E-state index contributed by atoms with van der Waals surface area (Å²) in [4.78, 5) is 26.3. The van der Waals surface area contributed by atoms with Crippen LogP contribution in [0.15, 0.2) is 41.6 Å². The maximum absolute atomic E-state index is 13.7. The summed E-state index contributed by atoms with van der Waals surface area (Å²) in [6.45, 7) is 6.60. The number of likely N-dealkylation sites (tertiary alicyclic amines) is 1. The normalized spacial score (nSPS) is 15.1. The number of nitrogens with zero attached hydrogens (tertiary/aromatic N) is 5. The minimum atomic E-state index is -0.756. The van der Waals surface area contributed by atoms with Crippen LogP contribution >= 0.6 is 27.7 Å². The molecule has 3 heterocycles. The first-order valence-corrected chi connectivity index (χ1v) is 11.8. The van der Waals surface area contributed by atoms with Gasteiger partial charge < -0.3 is 9.64 Å². The molecule has 4 rings (SSSR count). The van der Waals surface area contributed by atoms with Crippen molar-refractivity contribution in [2.24, 2.45) is 0 Å². The van der Waals surface area contributed by atoms with Crippen molar-refractivity contribution in [1.29, 1.82) is 0 Å². The summed E-state index contributed by atoms with van der Waals surface area (Å²) in [5.74, 6) is -1.14. The van der Waals surface area contributed by atoms with E-state index in [9.17, 15) is 14.0 Å². The molecule has 0 saturated carbocycles. The van der Waals surface area contributed by atoms with Gasteiger partial charge >= 0.3 is 11.8 Å². The van der Waals surface area contributed by atoms with E-state index < -0.39 is 17.2 Å².